The van der Waals surface area contributed by atoms with Crippen LogP contribution in [0.15, 0.2) is 36.4 Å². The molecule has 104 valence electrons. The van der Waals surface area contributed by atoms with E-state index in [1.807, 2.05) is 25.1 Å². The van der Waals surface area contributed by atoms with Gasteiger partial charge < -0.3 is 9.84 Å². The van der Waals surface area contributed by atoms with Crippen LogP contribution in [0.25, 0.3) is 0 Å². The van der Waals surface area contributed by atoms with E-state index in [-0.39, 0.29) is 5.82 Å². The molecule has 1 N–H and O–H groups in total. The summed E-state index contributed by atoms with van der Waals surface area (Å²) in [5.41, 5.74) is 3.29. The second-order valence-corrected chi connectivity index (χ2v) is 5.19. The molecule has 3 rings (SSSR count). The van der Waals surface area contributed by atoms with E-state index < -0.39 is 6.10 Å². The first-order valence-electron chi connectivity index (χ1n) is 6.85. The van der Waals surface area contributed by atoms with Crippen LogP contribution in [0.4, 0.5) is 4.39 Å². The van der Waals surface area contributed by atoms with E-state index in [4.69, 9.17) is 4.74 Å². The molecular formula is C17H17FO2. The van der Waals surface area contributed by atoms with Gasteiger partial charge in [-0.15, -0.1) is 0 Å². The molecular weight excluding hydrogens is 255 g/mol. The number of halogens is 1. The van der Waals surface area contributed by atoms with Gasteiger partial charge in [0.1, 0.15) is 17.7 Å². The van der Waals surface area contributed by atoms with Gasteiger partial charge in [0, 0.05) is 5.56 Å². The maximum atomic E-state index is 13.4. The van der Waals surface area contributed by atoms with E-state index >= 15 is 0 Å². The number of aryl methyl sites for hydroxylation is 2. The van der Waals surface area contributed by atoms with Crippen molar-refractivity contribution in [3.63, 3.8) is 0 Å². The molecule has 1 atom stereocenters. The number of hydrogen-bond donors (Lipinski definition) is 1. The van der Waals surface area contributed by atoms with Gasteiger partial charge in [-0.25, -0.2) is 4.39 Å². The zero-order chi connectivity index (χ0) is 14.1. The highest BCUT2D eigenvalue weighted by atomic mass is 19.1. The quantitative estimate of drug-likeness (QED) is 0.906. The summed E-state index contributed by atoms with van der Waals surface area (Å²) in [7, 11) is 0. The Labute approximate surface area is 117 Å². The summed E-state index contributed by atoms with van der Waals surface area (Å²) in [6.45, 7) is 2.53. The Morgan fingerprint density at radius 1 is 1.20 bits per heavy atom. The fourth-order valence-corrected chi connectivity index (χ4v) is 2.70. The van der Waals surface area contributed by atoms with Gasteiger partial charge in [-0.3, -0.25) is 0 Å². The normalized spacial score (nSPS) is 15.3. The van der Waals surface area contributed by atoms with E-state index in [1.54, 1.807) is 6.07 Å². The average molecular weight is 272 g/mol. The number of para-hydroxylation sites is 1. The Bertz CT molecular complexity index is 637. The van der Waals surface area contributed by atoms with Gasteiger partial charge in [-0.1, -0.05) is 24.3 Å². The third kappa shape index (κ3) is 2.29. The van der Waals surface area contributed by atoms with Crippen LogP contribution >= 0.6 is 0 Å². The molecule has 0 aliphatic carbocycles. The highest BCUT2D eigenvalue weighted by Gasteiger charge is 2.22. The first-order chi connectivity index (χ1) is 9.66. The van der Waals surface area contributed by atoms with E-state index in [1.165, 1.54) is 12.1 Å². The fraction of sp³-hybridized carbons (Fsp3) is 0.294. The molecule has 1 unspecified atom stereocenters. The monoisotopic (exact) mass is 272 g/mol. The zero-order valence-electron chi connectivity index (χ0n) is 11.4. The van der Waals surface area contributed by atoms with E-state index in [0.717, 1.165) is 35.3 Å². The second kappa shape index (κ2) is 5.25. The maximum Gasteiger partial charge on any atom is 0.128 e. The zero-order valence-corrected chi connectivity index (χ0v) is 11.4. The van der Waals surface area contributed by atoms with Gasteiger partial charge in [0.25, 0.3) is 0 Å². The van der Waals surface area contributed by atoms with Gasteiger partial charge in [0.15, 0.2) is 0 Å². The summed E-state index contributed by atoms with van der Waals surface area (Å²) in [5.74, 6) is 0.422. The van der Waals surface area contributed by atoms with Crippen LogP contribution < -0.4 is 4.74 Å². The molecule has 20 heavy (non-hydrogen) atoms. The Balaban J connectivity index is 2.06. The summed E-state index contributed by atoms with van der Waals surface area (Å²) < 4.78 is 19.1. The van der Waals surface area contributed by atoms with Gasteiger partial charge >= 0.3 is 0 Å². The topological polar surface area (TPSA) is 29.5 Å². The molecule has 0 amide bonds. The molecule has 3 heteroatoms. The standard InChI is InChI=1S/C17H17FO2/c1-11-7-8-13(18)10-15(11)16(19)14-6-2-4-12-5-3-9-20-17(12)14/h2,4,6-8,10,16,19H,3,5,9H2,1H3. The van der Waals surface area contributed by atoms with E-state index in [2.05, 4.69) is 0 Å². The van der Waals surface area contributed by atoms with Crippen molar-refractivity contribution in [2.45, 2.75) is 25.9 Å². The largest absolute Gasteiger partial charge is 0.493 e. The van der Waals surface area contributed by atoms with Gasteiger partial charge in [0.05, 0.1) is 6.61 Å². The number of aliphatic hydroxyl groups is 1. The average Bonchev–Trinajstić information content (AvgIpc) is 2.48. The van der Waals surface area contributed by atoms with Crippen molar-refractivity contribution < 1.29 is 14.2 Å². The van der Waals surface area contributed by atoms with E-state index in [0.29, 0.717) is 12.2 Å². The third-order valence-electron chi connectivity index (χ3n) is 3.79. The fourth-order valence-electron chi connectivity index (χ4n) is 2.70. The molecule has 0 radical (unpaired) electrons. The number of fused-ring (bicyclic) bond motifs is 1. The number of hydrogen-bond acceptors (Lipinski definition) is 2. The van der Waals surface area contributed by atoms with Crippen LogP contribution in [0, 0.1) is 12.7 Å². The van der Waals surface area contributed by atoms with Crippen molar-refractivity contribution in [1.82, 2.24) is 0 Å². The van der Waals surface area contributed by atoms with Crippen LogP contribution in [0.2, 0.25) is 0 Å². The second-order valence-electron chi connectivity index (χ2n) is 5.19. The molecule has 0 bridgehead atoms. The molecule has 1 aliphatic heterocycles. The highest BCUT2D eigenvalue weighted by Crippen LogP contribution is 2.36. The lowest BCUT2D eigenvalue weighted by atomic mass is 9.93. The third-order valence-corrected chi connectivity index (χ3v) is 3.79. The van der Waals surface area contributed by atoms with Crippen LogP contribution in [-0.2, 0) is 6.42 Å². The highest BCUT2D eigenvalue weighted by molar-refractivity contribution is 5.48. The lowest BCUT2D eigenvalue weighted by Gasteiger charge is -2.23. The lowest BCUT2D eigenvalue weighted by molar-refractivity contribution is 0.205. The molecule has 0 fully saturated rings. The molecule has 0 aromatic heterocycles. The van der Waals surface area contributed by atoms with Gasteiger partial charge in [-0.05, 0) is 48.6 Å². The summed E-state index contributed by atoms with van der Waals surface area (Å²) >= 11 is 0. The molecule has 2 aromatic rings. The van der Waals surface area contributed by atoms with Crippen molar-refractivity contribution in [2.75, 3.05) is 6.61 Å². The van der Waals surface area contributed by atoms with Crippen LogP contribution in [0.3, 0.4) is 0 Å². The van der Waals surface area contributed by atoms with Crippen LogP contribution in [0.5, 0.6) is 5.75 Å². The van der Waals surface area contributed by atoms with Crippen molar-refractivity contribution in [3.05, 3.63) is 64.5 Å². The number of ether oxygens (including phenoxy) is 1. The Kier molecular flexibility index (Phi) is 3.45. The Morgan fingerprint density at radius 2 is 2.05 bits per heavy atom. The first-order valence-corrected chi connectivity index (χ1v) is 6.85. The van der Waals surface area contributed by atoms with Crippen molar-refractivity contribution >= 4 is 0 Å². The molecule has 1 aliphatic rings. The minimum Gasteiger partial charge on any atom is -0.493 e. The summed E-state index contributed by atoms with van der Waals surface area (Å²) in [6, 6.07) is 10.3. The minimum atomic E-state index is -0.862. The number of rotatable bonds is 2. The summed E-state index contributed by atoms with van der Waals surface area (Å²) in [5, 5.41) is 10.6. The minimum absolute atomic E-state index is 0.338. The number of benzene rings is 2. The SMILES string of the molecule is Cc1ccc(F)cc1C(O)c1cccc2c1OCCC2. The summed E-state index contributed by atoms with van der Waals surface area (Å²) in [4.78, 5) is 0. The van der Waals surface area contributed by atoms with E-state index in [9.17, 15) is 9.50 Å². The molecule has 0 spiro atoms. The smallest absolute Gasteiger partial charge is 0.128 e. The number of aliphatic hydroxyl groups excluding tert-OH is 1. The van der Waals surface area contributed by atoms with Gasteiger partial charge in [-0.2, -0.15) is 0 Å². The Morgan fingerprint density at radius 3 is 2.90 bits per heavy atom. The van der Waals surface area contributed by atoms with Crippen LogP contribution in [-0.4, -0.2) is 11.7 Å². The predicted molar refractivity (Wildman–Crippen MR) is 75.5 cm³/mol. The van der Waals surface area contributed by atoms with Crippen molar-refractivity contribution in [2.24, 2.45) is 0 Å². The Hall–Kier alpha value is -1.87. The van der Waals surface area contributed by atoms with Crippen molar-refractivity contribution in [3.8, 4) is 5.75 Å². The predicted octanol–water partition coefficient (Wildman–Crippen LogP) is 3.54. The van der Waals surface area contributed by atoms with Crippen LogP contribution in [0.1, 0.15) is 34.8 Å². The first kappa shape index (κ1) is 13.1. The maximum absolute atomic E-state index is 13.4. The van der Waals surface area contributed by atoms with Crippen molar-refractivity contribution in [1.29, 1.82) is 0 Å². The molecule has 0 saturated heterocycles. The summed E-state index contributed by atoms with van der Waals surface area (Å²) in [6.07, 6.45) is 1.09. The molecule has 2 aromatic carbocycles. The molecule has 1 heterocycles. The lowest BCUT2D eigenvalue weighted by Crippen LogP contribution is -2.13. The molecule has 0 saturated carbocycles. The van der Waals surface area contributed by atoms with Gasteiger partial charge in [0.2, 0.25) is 0 Å². The molecule has 2 nitrogen and oxygen atoms in total.